The molecule has 2 saturated heterocycles. The van der Waals surface area contributed by atoms with Crippen molar-refractivity contribution in [2.75, 3.05) is 32.7 Å². The van der Waals surface area contributed by atoms with Crippen molar-refractivity contribution in [3.63, 3.8) is 0 Å². The first-order chi connectivity index (χ1) is 9.49. The number of piperazine rings is 1. The van der Waals surface area contributed by atoms with Crippen LogP contribution >= 0.6 is 0 Å². The van der Waals surface area contributed by atoms with E-state index in [-0.39, 0.29) is 31.1 Å². The Kier molecular flexibility index (Phi) is 4.28. The number of fused-ring (bicyclic) bond motifs is 1. The van der Waals surface area contributed by atoms with Gasteiger partial charge in [0, 0.05) is 39.1 Å². The molecule has 0 radical (unpaired) electrons. The lowest BCUT2D eigenvalue weighted by Crippen LogP contribution is -2.56. The van der Waals surface area contributed by atoms with Crippen LogP contribution < -0.4 is 10.6 Å². The van der Waals surface area contributed by atoms with Gasteiger partial charge in [0.2, 0.25) is 0 Å². The molecule has 9 nitrogen and oxygen atoms in total. The largest absolute Gasteiger partial charge is 0.479 e. The average molecular weight is 286 g/mol. The van der Waals surface area contributed by atoms with Gasteiger partial charge >= 0.3 is 18.0 Å². The van der Waals surface area contributed by atoms with E-state index in [9.17, 15) is 14.4 Å². The number of hydrogen-bond donors (Lipinski definition) is 4. The third-order valence-corrected chi connectivity index (χ3v) is 3.50. The van der Waals surface area contributed by atoms with Gasteiger partial charge in [-0.25, -0.2) is 14.4 Å². The molecule has 4 amide bonds. The second-order valence-corrected chi connectivity index (χ2v) is 4.85. The van der Waals surface area contributed by atoms with Crippen LogP contribution in [0.4, 0.5) is 9.59 Å². The zero-order valence-electron chi connectivity index (χ0n) is 10.9. The molecule has 2 fully saturated rings. The number of carboxylic acid groups (broad SMARTS) is 1. The molecule has 112 valence electrons. The molecule has 4 N–H and O–H groups in total. The molecule has 9 heteroatoms. The minimum absolute atomic E-state index is 0.00777. The van der Waals surface area contributed by atoms with Gasteiger partial charge in [-0.05, 0) is 0 Å². The summed E-state index contributed by atoms with van der Waals surface area (Å²) in [5, 5.41) is 22.9. The lowest BCUT2D eigenvalue weighted by atomic mass is 10.2. The minimum Gasteiger partial charge on any atom is -0.479 e. The average Bonchev–Trinajstić information content (AvgIpc) is 2.79. The molecule has 2 heterocycles. The highest BCUT2D eigenvalue weighted by Gasteiger charge is 2.36. The molecule has 0 spiro atoms. The Bertz CT molecular complexity index is 416. The highest BCUT2D eigenvalue weighted by molar-refractivity contribution is 5.79. The highest BCUT2D eigenvalue weighted by atomic mass is 16.4. The maximum atomic E-state index is 11.9. The lowest BCUT2D eigenvalue weighted by Gasteiger charge is -2.36. The van der Waals surface area contributed by atoms with E-state index in [4.69, 9.17) is 10.2 Å². The molecule has 0 aromatic heterocycles. The van der Waals surface area contributed by atoms with Gasteiger partial charge in [-0.2, -0.15) is 0 Å². The van der Waals surface area contributed by atoms with Crippen LogP contribution in [0.25, 0.3) is 0 Å². The fraction of sp³-hybridized carbons (Fsp3) is 0.727. The second-order valence-electron chi connectivity index (χ2n) is 4.85. The first-order valence-electron chi connectivity index (χ1n) is 6.47. The van der Waals surface area contributed by atoms with Crippen molar-refractivity contribution in [1.82, 2.24) is 20.4 Å². The van der Waals surface area contributed by atoms with Crippen LogP contribution in [0.1, 0.15) is 6.42 Å². The number of aliphatic hydroxyl groups excluding tert-OH is 1. The third kappa shape index (κ3) is 3.10. The Hall–Kier alpha value is -2.03. The number of rotatable bonds is 4. The number of carboxylic acids is 1. The van der Waals surface area contributed by atoms with Crippen molar-refractivity contribution < 1.29 is 24.6 Å². The summed E-state index contributed by atoms with van der Waals surface area (Å²) in [5.74, 6) is -1.30. The Morgan fingerprint density at radius 3 is 2.90 bits per heavy atom. The van der Waals surface area contributed by atoms with Gasteiger partial charge < -0.3 is 30.6 Å². The number of hydrogen-bond acceptors (Lipinski definition) is 4. The number of nitrogens with one attached hydrogen (secondary N) is 2. The summed E-state index contributed by atoms with van der Waals surface area (Å²) in [6, 6.07) is -0.409. The van der Waals surface area contributed by atoms with Crippen molar-refractivity contribution >= 4 is 18.0 Å². The summed E-state index contributed by atoms with van der Waals surface area (Å²) in [4.78, 5) is 37.0. The van der Waals surface area contributed by atoms with Crippen LogP contribution in [0.2, 0.25) is 0 Å². The van der Waals surface area contributed by atoms with Crippen molar-refractivity contribution in [3.05, 3.63) is 0 Å². The summed E-state index contributed by atoms with van der Waals surface area (Å²) >= 11 is 0. The van der Waals surface area contributed by atoms with Gasteiger partial charge in [-0.3, -0.25) is 0 Å². The summed E-state index contributed by atoms with van der Waals surface area (Å²) in [5.41, 5.74) is 0. The molecule has 0 aromatic carbocycles. The van der Waals surface area contributed by atoms with Gasteiger partial charge in [-0.1, -0.05) is 0 Å². The molecule has 0 aromatic rings. The van der Waals surface area contributed by atoms with E-state index in [1.807, 2.05) is 0 Å². The van der Waals surface area contributed by atoms with Crippen LogP contribution in [0.3, 0.4) is 0 Å². The predicted molar refractivity (Wildman–Crippen MR) is 67.1 cm³/mol. The van der Waals surface area contributed by atoms with Crippen molar-refractivity contribution in [3.8, 4) is 0 Å². The maximum absolute atomic E-state index is 11.9. The number of urea groups is 2. The highest BCUT2D eigenvalue weighted by Crippen LogP contribution is 2.14. The Labute approximate surface area is 115 Å². The van der Waals surface area contributed by atoms with E-state index >= 15 is 0 Å². The van der Waals surface area contributed by atoms with E-state index < -0.39 is 12.1 Å². The van der Waals surface area contributed by atoms with Gasteiger partial charge in [0.05, 0.1) is 6.04 Å². The van der Waals surface area contributed by atoms with Gasteiger partial charge in [0.15, 0.2) is 6.10 Å². The van der Waals surface area contributed by atoms with Gasteiger partial charge in [-0.15, -0.1) is 0 Å². The quantitative estimate of drug-likeness (QED) is 0.488. The number of carbonyl (C=O) groups excluding carboxylic acids is 2. The van der Waals surface area contributed by atoms with E-state index in [2.05, 4.69) is 10.6 Å². The molecule has 2 aliphatic rings. The van der Waals surface area contributed by atoms with E-state index in [1.54, 1.807) is 9.80 Å². The number of aliphatic hydroxyl groups is 1. The smallest absolute Gasteiger partial charge is 0.332 e. The van der Waals surface area contributed by atoms with Crippen molar-refractivity contribution in [2.45, 2.75) is 18.6 Å². The zero-order valence-corrected chi connectivity index (χ0v) is 10.9. The van der Waals surface area contributed by atoms with Crippen LogP contribution in [0, 0.1) is 0 Å². The maximum Gasteiger partial charge on any atom is 0.332 e. The molecule has 0 aliphatic carbocycles. The lowest BCUT2D eigenvalue weighted by molar-refractivity contribution is -0.146. The summed E-state index contributed by atoms with van der Waals surface area (Å²) in [7, 11) is 0. The fourth-order valence-corrected chi connectivity index (χ4v) is 2.34. The number of nitrogens with zero attached hydrogens (tertiary/aromatic N) is 2. The second kappa shape index (κ2) is 5.95. The van der Waals surface area contributed by atoms with Crippen LogP contribution in [-0.2, 0) is 4.79 Å². The molecule has 2 rings (SSSR count). The number of aliphatic carboxylic acids is 1. The minimum atomic E-state index is -1.47. The SMILES string of the molecule is O=C(O)[C@@H](O)CCNC(=O)N1CCN2C(=O)NCC2C1. The van der Waals surface area contributed by atoms with E-state index in [1.165, 1.54) is 0 Å². The molecular weight excluding hydrogens is 268 g/mol. The predicted octanol–water partition coefficient (Wildman–Crippen LogP) is -1.76. The Balaban J connectivity index is 1.74. The van der Waals surface area contributed by atoms with Gasteiger partial charge in [0.25, 0.3) is 0 Å². The van der Waals surface area contributed by atoms with Crippen molar-refractivity contribution in [1.29, 1.82) is 0 Å². The van der Waals surface area contributed by atoms with Crippen LogP contribution in [0.15, 0.2) is 0 Å². The summed E-state index contributed by atoms with van der Waals surface area (Å²) < 4.78 is 0. The molecular formula is C11H18N4O5. The van der Waals surface area contributed by atoms with Gasteiger partial charge in [0.1, 0.15) is 0 Å². The monoisotopic (exact) mass is 286 g/mol. The zero-order chi connectivity index (χ0) is 14.7. The normalized spacial score (nSPS) is 23.1. The Morgan fingerprint density at radius 1 is 1.45 bits per heavy atom. The molecule has 20 heavy (non-hydrogen) atoms. The molecule has 2 aliphatic heterocycles. The first kappa shape index (κ1) is 14.4. The molecule has 2 atom stereocenters. The standard InChI is InChI=1S/C11H18N4O5/c16-8(9(17)18)1-2-12-10(19)14-3-4-15-7(6-14)5-13-11(15)20/h7-8,16H,1-6H2,(H,12,19)(H,13,20)(H,17,18)/t7?,8-/m0/s1. The molecule has 0 bridgehead atoms. The van der Waals surface area contributed by atoms with E-state index in [0.717, 1.165) is 0 Å². The fourth-order valence-electron chi connectivity index (χ4n) is 2.34. The van der Waals surface area contributed by atoms with Crippen LogP contribution in [-0.4, -0.2) is 82.9 Å². The Morgan fingerprint density at radius 2 is 2.20 bits per heavy atom. The summed E-state index contributed by atoms with van der Waals surface area (Å²) in [6.45, 7) is 2.00. The number of carbonyl (C=O) groups is 3. The topological polar surface area (TPSA) is 122 Å². The van der Waals surface area contributed by atoms with E-state index in [0.29, 0.717) is 26.2 Å². The first-order valence-corrected chi connectivity index (χ1v) is 6.47. The third-order valence-electron chi connectivity index (χ3n) is 3.50. The molecule has 1 unspecified atom stereocenters. The number of amides is 4. The van der Waals surface area contributed by atoms with Crippen LogP contribution in [0.5, 0.6) is 0 Å². The molecule has 0 saturated carbocycles. The van der Waals surface area contributed by atoms with Crippen molar-refractivity contribution in [2.24, 2.45) is 0 Å². The summed E-state index contributed by atoms with van der Waals surface area (Å²) in [6.07, 6.45) is -1.51.